The van der Waals surface area contributed by atoms with Crippen molar-refractivity contribution < 1.29 is 17.6 Å². The highest BCUT2D eigenvalue weighted by Crippen LogP contribution is 2.29. The van der Waals surface area contributed by atoms with Crippen molar-refractivity contribution in [3.05, 3.63) is 29.1 Å². The molecule has 2 rings (SSSR count). The van der Waals surface area contributed by atoms with Crippen molar-refractivity contribution in [3.8, 4) is 0 Å². The molecule has 0 unspecified atom stereocenters. The highest BCUT2D eigenvalue weighted by molar-refractivity contribution is 7.89. The Morgan fingerprint density at radius 3 is 2.53 bits per heavy atom. The van der Waals surface area contributed by atoms with Crippen LogP contribution in [0.3, 0.4) is 0 Å². The molecule has 0 saturated carbocycles. The van der Waals surface area contributed by atoms with Gasteiger partial charge in [0.05, 0.1) is 4.90 Å². The Hall–Kier alpha value is -1.27. The molecule has 1 aliphatic rings. The van der Waals surface area contributed by atoms with Gasteiger partial charge < -0.3 is 0 Å². The molecule has 2 N–H and O–H groups in total. The topological polar surface area (TPSA) is 77.2 Å². The first kappa shape index (κ1) is 10.3. The first-order valence-corrected chi connectivity index (χ1v) is 5.83. The zero-order chi connectivity index (χ0) is 11.2. The second-order valence-corrected chi connectivity index (χ2v) is 4.90. The van der Waals surface area contributed by atoms with Gasteiger partial charge in [0.1, 0.15) is 5.82 Å². The van der Waals surface area contributed by atoms with Crippen LogP contribution in [0.25, 0.3) is 0 Å². The van der Waals surface area contributed by atoms with Gasteiger partial charge in [-0.1, -0.05) is 0 Å². The van der Waals surface area contributed by atoms with Gasteiger partial charge in [0.25, 0.3) is 0 Å². The van der Waals surface area contributed by atoms with Crippen molar-refractivity contribution in [1.82, 2.24) is 0 Å². The summed E-state index contributed by atoms with van der Waals surface area (Å²) >= 11 is 0. The lowest BCUT2D eigenvalue weighted by Gasteiger charge is -2.05. The van der Waals surface area contributed by atoms with Crippen LogP contribution >= 0.6 is 0 Å². The van der Waals surface area contributed by atoms with Gasteiger partial charge in [-0.3, -0.25) is 4.79 Å². The quantitative estimate of drug-likeness (QED) is 0.766. The molecule has 0 bridgehead atoms. The zero-order valence-electron chi connectivity index (χ0n) is 7.66. The normalized spacial score (nSPS) is 15.5. The summed E-state index contributed by atoms with van der Waals surface area (Å²) in [5, 5.41) is 4.94. The predicted molar refractivity (Wildman–Crippen MR) is 50.4 cm³/mol. The molecule has 4 nitrogen and oxygen atoms in total. The minimum atomic E-state index is -3.97. The number of benzene rings is 1. The number of carbonyl (C=O) groups excluding carboxylic acids is 1. The van der Waals surface area contributed by atoms with Crippen molar-refractivity contribution in [2.24, 2.45) is 5.14 Å². The van der Waals surface area contributed by atoms with Gasteiger partial charge in [-0.25, -0.2) is 17.9 Å². The highest BCUT2D eigenvalue weighted by atomic mass is 32.2. The smallest absolute Gasteiger partial charge is 0.238 e. The van der Waals surface area contributed by atoms with E-state index in [1.54, 1.807) is 0 Å². The van der Waals surface area contributed by atoms with E-state index in [2.05, 4.69) is 0 Å². The van der Waals surface area contributed by atoms with Crippen molar-refractivity contribution in [3.63, 3.8) is 0 Å². The third-order valence-corrected chi connectivity index (χ3v) is 3.36. The fourth-order valence-corrected chi connectivity index (χ4v) is 2.53. The van der Waals surface area contributed by atoms with E-state index in [4.69, 9.17) is 5.14 Å². The lowest BCUT2D eigenvalue weighted by atomic mass is 10.1. The monoisotopic (exact) mass is 229 g/mol. The lowest BCUT2D eigenvalue weighted by Crippen LogP contribution is -2.16. The minimum absolute atomic E-state index is 0.0718. The van der Waals surface area contributed by atoms with E-state index < -0.39 is 15.8 Å². The van der Waals surface area contributed by atoms with Gasteiger partial charge in [-0.2, -0.15) is 0 Å². The maximum Gasteiger partial charge on any atom is 0.238 e. The van der Waals surface area contributed by atoms with Crippen LogP contribution in [0, 0.1) is 5.82 Å². The van der Waals surface area contributed by atoms with E-state index in [-0.39, 0.29) is 34.6 Å². The standard InChI is InChI=1S/C9H8FNO3S/c10-6-2-4-8(15(11,13)14)9-5(6)1-3-7(9)12/h2,4H,1,3H2,(H2,11,13,14). The van der Waals surface area contributed by atoms with Crippen LogP contribution in [0.5, 0.6) is 0 Å². The van der Waals surface area contributed by atoms with Gasteiger partial charge in [-0.15, -0.1) is 0 Å². The number of sulfonamides is 1. The Labute approximate surface area is 85.9 Å². The van der Waals surface area contributed by atoms with Gasteiger partial charge in [0, 0.05) is 17.5 Å². The van der Waals surface area contributed by atoms with Crippen LogP contribution in [0.2, 0.25) is 0 Å². The summed E-state index contributed by atoms with van der Waals surface area (Å²) in [7, 11) is -3.97. The Bertz CT molecular complexity index is 551. The Kier molecular flexibility index (Phi) is 2.13. The third kappa shape index (κ3) is 1.55. The number of ketones is 1. The van der Waals surface area contributed by atoms with Gasteiger partial charge in [0.15, 0.2) is 5.78 Å². The second-order valence-electron chi connectivity index (χ2n) is 3.37. The number of carbonyl (C=O) groups is 1. The highest BCUT2D eigenvalue weighted by Gasteiger charge is 2.29. The Morgan fingerprint density at radius 2 is 1.93 bits per heavy atom. The summed E-state index contributed by atoms with van der Waals surface area (Å²) in [6.45, 7) is 0. The summed E-state index contributed by atoms with van der Waals surface area (Å²) < 4.78 is 35.5. The number of hydrogen-bond donors (Lipinski definition) is 1. The van der Waals surface area contributed by atoms with Crippen molar-refractivity contribution in [2.75, 3.05) is 0 Å². The molecule has 80 valence electrons. The SMILES string of the molecule is NS(=O)(=O)c1ccc(F)c2c1C(=O)CC2. The molecule has 6 heteroatoms. The zero-order valence-corrected chi connectivity index (χ0v) is 8.47. The van der Waals surface area contributed by atoms with Crippen molar-refractivity contribution in [2.45, 2.75) is 17.7 Å². The Morgan fingerprint density at radius 1 is 1.27 bits per heavy atom. The van der Waals surface area contributed by atoms with Gasteiger partial charge in [-0.05, 0) is 18.6 Å². The number of fused-ring (bicyclic) bond motifs is 1. The molecule has 0 spiro atoms. The maximum atomic E-state index is 13.2. The summed E-state index contributed by atoms with van der Waals surface area (Å²) in [6, 6.07) is 2.06. The largest absolute Gasteiger partial charge is 0.294 e. The molecular formula is C9H8FNO3S. The van der Waals surface area contributed by atoms with E-state index in [1.807, 2.05) is 0 Å². The molecule has 1 aromatic carbocycles. The number of rotatable bonds is 1. The number of Topliss-reactive ketones (excluding diaryl/α,β-unsaturated/α-hetero) is 1. The Balaban J connectivity index is 2.81. The molecule has 0 fully saturated rings. The van der Waals surface area contributed by atoms with E-state index >= 15 is 0 Å². The first-order chi connectivity index (χ1) is 6.91. The molecule has 0 radical (unpaired) electrons. The maximum absolute atomic E-state index is 13.2. The average molecular weight is 229 g/mol. The van der Waals surface area contributed by atoms with Crippen LogP contribution in [0.1, 0.15) is 22.3 Å². The summed E-state index contributed by atoms with van der Waals surface area (Å²) in [6.07, 6.45) is 0.377. The summed E-state index contributed by atoms with van der Waals surface area (Å²) in [5.74, 6) is -0.920. The van der Waals surface area contributed by atoms with Gasteiger partial charge >= 0.3 is 0 Å². The molecule has 0 aliphatic heterocycles. The molecule has 0 amide bonds. The fourth-order valence-electron chi connectivity index (χ4n) is 1.75. The van der Waals surface area contributed by atoms with Crippen LogP contribution in [-0.2, 0) is 16.4 Å². The van der Waals surface area contributed by atoms with E-state index in [1.165, 1.54) is 0 Å². The molecular weight excluding hydrogens is 221 g/mol. The van der Waals surface area contributed by atoms with Gasteiger partial charge in [0.2, 0.25) is 10.0 Å². The van der Waals surface area contributed by atoms with Crippen LogP contribution < -0.4 is 5.14 Å². The molecule has 0 heterocycles. The minimum Gasteiger partial charge on any atom is -0.294 e. The number of halogens is 1. The first-order valence-electron chi connectivity index (χ1n) is 4.28. The lowest BCUT2D eigenvalue weighted by molar-refractivity contribution is 0.0991. The summed E-state index contributed by atoms with van der Waals surface area (Å²) in [4.78, 5) is 11.1. The second kappa shape index (κ2) is 3.11. The van der Waals surface area contributed by atoms with E-state index in [0.717, 1.165) is 12.1 Å². The van der Waals surface area contributed by atoms with Crippen molar-refractivity contribution in [1.29, 1.82) is 0 Å². The average Bonchev–Trinajstić information content (AvgIpc) is 2.48. The molecule has 1 aliphatic carbocycles. The third-order valence-electron chi connectivity index (χ3n) is 2.40. The fraction of sp³-hybridized carbons (Fsp3) is 0.222. The van der Waals surface area contributed by atoms with Crippen LogP contribution in [0.4, 0.5) is 4.39 Å². The van der Waals surface area contributed by atoms with Crippen molar-refractivity contribution >= 4 is 15.8 Å². The molecule has 0 aromatic heterocycles. The van der Waals surface area contributed by atoms with E-state index in [0.29, 0.717) is 0 Å². The molecule has 0 saturated heterocycles. The molecule has 15 heavy (non-hydrogen) atoms. The van der Waals surface area contributed by atoms with Crippen LogP contribution in [-0.4, -0.2) is 14.2 Å². The predicted octanol–water partition coefficient (Wildman–Crippen LogP) is 0.602. The molecule has 0 atom stereocenters. The number of nitrogens with two attached hydrogens (primary N) is 1. The number of hydrogen-bond acceptors (Lipinski definition) is 3. The summed E-state index contributed by atoms with van der Waals surface area (Å²) in [5.41, 5.74) is 0.0871. The van der Waals surface area contributed by atoms with E-state index in [9.17, 15) is 17.6 Å². The molecule has 1 aromatic rings. The number of primary sulfonamides is 1. The van der Waals surface area contributed by atoms with Crippen LogP contribution in [0.15, 0.2) is 17.0 Å².